The number of para-hydroxylation sites is 1. The number of ether oxygens (including phenoxy) is 2. The third-order valence-electron chi connectivity index (χ3n) is 4.08. The number of rotatable bonds is 2. The number of aliphatic hydroxyl groups is 1. The molecule has 1 heterocycles. The number of likely N-dealkylation sites (tertiary alicyclic amines) is 1. The monoisotopic (exact) mass is 375 g/mol. The van der Waals surface area contributed by atoms with Crippen LogP contribution in [-0.4, -0.2) is 41.2 Å². The Morgan fingerprint density at radius 2 is 1.81 bits per heavy atom. The molecule has 1 unspecified atom stereocenters. The minimum Gasteiger partial charge on any atom is -0.444 e. The van der Waals surface area contributed by atoms with Crippen LogP contribution >= 0.6 is 0 Å². The average molecular weight is 375 g/mol. The molecule has 0 bridgehead atoms. The van der Waals surface area contributed by atoms with Crippen molar-refractivity contribution in [3.05, 3.63) is 29.8 Å². The molecule has 0 aliphatic carbocycles. The van der Waals surface area contributed by atoms with E-state index in [0.717, 1.165) is 0 Å². The summed E-state index contributed by atoms with van der Waals surface area (Å²) >= 11 is 0. The molecule has 26 heavy (non-hydrogen) atoms. The second-order valence-electron chi connectivity index (χ2n) is 7.40. The molecule has 0 spiro atoms. The fourth-order valence-electron chi connectivity index (χ4n) is 2.96. The lowest BCUT2D eigenvalue weighted by Crippen LogP contribution is -2.38. The number of benzene rings is 1. The van der Waals surface area contributed by atoms with Crippen molar-refractivity contribution in [2.75, 3.05) is 13.1 Å². The average Bonchev–Trinajstić information content (AvgIpc) is 2.67. The Hall–Kier alpha value is -1.96. The molecule has 1 aromatic rings. The van der Waals surface area contributed by atoms with Crippen molar-refractivity contribution in [3.63, 3.8) is 0 Å². The standard InChI is InChI=1S/C18H24F3NO4/c1-16(2,3)26-15(23)22-11-6-9-17(24,10-12-22)13-7-4-5-8-14(13)25-18(19,20)21/h4-5,7-8,24H,6,9-12H2,1-3H3. The summed E-state index contributed by atoms with van der Waals surface area (Å²) in [6.45, 7) is 5.79. The van der Waals surface area contributed by atoms with E-state index in [1.165, 1.54) is 23.1 Å². The molecule has 0 saturated carbocycles. The van der Waals surface area contributed by atoms with Crippen molar-refractivity contribution in [1.82, 2.24) is 4.90 Å². The van der Waals surface area contributed by atoms with E-state index in [2.05, 4.69) is 4.74 Å². The molecule has 1 atom stereocenters. The van der Waals surface area contributed by atoms with Crippen molar-refractivity contribution in [3.8, 4) is 5.75 Å². The van der Waals surface area contributed by atoms with Gasteiger partial charge in [-0.15, -0.1) is 13.2 Å². The normalized spacial score (nSPS) is 21.9. The van der Waals surface area contributed by atoms with E-state index in [0.29, 0.717) is 13.0 Å². The Labute approximate surface area is 150 Å². The summed E-state index contributed by atoms with van der Waals surface area (Å²) in [5.41, 5.74) is -2.09. The SMILES string of the molecule is CC(C)(C)OC(=O)N1CCCC(O)(c2ccccc2OC(F)(F)F)CC1. The van der Waals surface area contributed by atoms with Gasteiger partial charge in [0.2, 0.25) is 0 Å². The maximum atomic E-state index is 12.6. The first-order valence-corrected chi connectivity index (χ1v) is 8.45. The second-order valence-corrected chi connectivity index (χ2v) is 7.40. The Morgan fingerprint density at radius 1 is 1.15 bits per heavy atom. The highest BCUT2D eigenvalue weighted by molar-refractivity contribution is 5.68. The van der Waals surface area contributed by atoms with Crippen LogP contribution in [0.4, 0.5) is 18.0 Å². The Bertz CT molecular complexity index is 642. The van der Waals surface area contributed by atoms with Crippen LogP contribution in [0.1, 0.15) is 45.6 Å². The van der Waals surface area contributed by atoms with Gasteiger partial charge in [0.15, 0.2) is 0 Å². The quantitative estimate of drug-likeness (QED) is 0.842. The number of carbonyl (C=O) groups excluding carboxylic acids is 1. The summed E-state index contributed by atoms with van der Waals surface area (Å²) in [5.74, 6) is -0.423. The van der Waals surface area contributed by atoms with Crippen LogP contribution in [0.25, 0.3) is 0 Å². The Balaban J connectivity index is 2.18. The first-order valence-electron chi connectivity index (χ1n) is 8.45. The molecular formula is C18H24F3NO4. The van der Waals surface area contributed by atoms with Gasteiger partial charge in [-0.2, -0.15) is 0 Å². The van der Waals surface area contributed by atoms with E-state index >= 15 is 0 Å². The van der Waals surface area contributed by atoms with Gasteiger partial charge in [0.05, 0.1) is 5.60 Å². The summed E-state index contributed by atoms with van der Waals surface area (Å²) in [7, 11) is 0. The molecule has 0 radical (unpaired) electrons. The molecule has 1 saturated heterocycles. The molecule has 1 fully saturated rings. The summed E-state index contributed by atoms with van der Waals surface area (Å²) in [5, 5.41) is 11.0. The minimum atomic E-state index is -4.85. The molecule has 5 nitrogen and oxygen atoms in total. The van der Waals surface area contributed by atoms with Gasteiger partial charge in [-0.1, -0.05) is 18.2 Å². The van der Waals surface area contributed by atoms with Crippen LogP contribution in [0, 0.1) is 0 Å². The zero-order chi connectivity index (χ0) is 19.6. The van der Waals surface area contributed by atoms with Crippen LogP contribution in [0.15, 0.2) is 24.3 Å². The van der Waals surface area contributed by atoms with Gasteiger partial charge in [-0.25, -0.2) is 4.79 Å². The largest absolute Gasteiger partial charge is 0.573 e. The molecule has 1 aromatic carbocycles. The zero-order valence-corrected chi connectivity index (χ0v) is 15.1. The van der Waals surface area contributed by atoms with E-state index in [1.807, 2.05) is 0 Å². The fraction of sp³-hybridized carbons (Fsp3) is 0.611. The molecule has 0 aromatic heterocycles. The highest BCUT2D eigenvalue weighted by Gasteiger charge is 2.39. The fourth-order valence-corrected chi connectivity index (χ4v) is 2.96. The molecule has 1 N–H and O–H groups in total. The lowest BCUT2D eigenvalue weighted by Gasteiger charge is -2.30. The van der Waals surface area contributed by atoms with Crippen LogP contribution in [0.3, 0.4) is 0 Å². The maximum absolute atomic E-state index is 12.6. The number of hydrogen-bond donors (Lipinski definition) is 1. The topological polar surface area (TPSA) is 59.0 Å². The van der Waals surface area contributed by atoms with Crippen LogP contribution < -0.4 is 4.74 Å². The number of halogens is 3. The summed E-state index contributed by atoms with van der Waals surface area (Å²) in [4.78, 5) is 13.7. The van der Waals surface area contributed by atoms with Crippen molar-refractivity contribution in [2.24, 2.45) is 0 Å². The van der Waals surface area contributed by atoms with Gasteiger partial charge in [0.25, 0.3) is 0 Å². The third-order valence-corrected chi connectivity index (χ3v) is 4.08. The van der Waals surface area contributed by atoms with Crippen molar-refractivity contribution < 1.29 is 32.5 Å². The van der Waals surface area contributed by atoms with Gasteiger partial charge in [-0.05, 0) is 46.1 Å². The predicted octanol–water partition coefficient (Wildman–Crippen LogP) is 4.19. The predicted molar refractivity (Wildman–Crippen MR) is 88.7 cm³/mol. The summed E-state index contributed by atoms with van der Waals surface area (Å²) in [6, 6.07) is 5.56. The maximum Gasteiger partial charge on any atom is 0.573 e. The van der Waals surface area contributed by atoms with Gasteiger partial charge >= 0.3 is 12.5 Å². The number of amides is 1. The van der Waals surface area contributed by atoms with Gasteiger partial charge in [-0.3, -0.25) is 0 Å². The number of nitrogens with zero attached hydrogens (tertiary/aromatic N) is 1. The molecule has 1 aliphatic rings. The van der Waals surface area contributed by atoms with Gasteiger partial charge in [0, 0.05) is 18.7 Å². The van der Waals surface area contributed by atoms with Crippen molar-refractivity contribution in [2.45, 2.75) is 57.6 Å². The van der Waals surface area contributed by atoms with Crippen LogP contribution in [0.5, 0.6) is 5.75 Å². The van der Waals surface area contributed by atoms with Gasteiger partial charge in [0.1, 0.15) is 11.4 Å². The highest BCUT2D eigenvalue weighted by atomic mass is 19.4. The zero-order valence-electron chi connectivity index (χ0n) is 15.1. The summed E-state index contributed by atoms with van der Waals surface area (Å²) < 4.78 is 47.3. The molecule has 1 aliphatic heterocycles. The number of hydrogen-bond acceptors (Lipinski definition) is 4. The molecule has 2 rings (SSSR count). The first-order chi connectivity index (χ1) is 11.9. The number of alkyl halides is 3. The molecule has 1 amide bonds. The van der Waals surface area contributed by atoms with E-state index in [4.69, 9.17) is 4.74 Å². The highest BCUT2D eigenvalue weighted by Crippen LogP contribution is 2.39. The van der Waals surface area contributed by atoms with E-state index in [1.54, 1.807) is 26.8 Å². The minimum absolute atomic E-state index is 0.0726. The first kappa shape index (κ1) is 20.4. The van der Waals surface area contributed by atoms with Crippen molar-refractivity contribution in [1.29, 1.82) is 0 Å². The Kier molecular flexibility index (Phi) is 5.75. The molecular weight excluding hydrogens is 351 g/mol. The Morgan fingerprint density at radius 3 is 2.42 bits per heavy atom. The molecule has 8 heteroatoms. The lowest BCUT2D eigenvalue weighted by atomic mass is 9.86. The number of carbonyl (C=O) groups is 1. The van der Waals surface area contributed by atoms with Crippen molar-refractivity contribution >= 4 is 6.09 Å². The summed E-state index contributed by atoms with van der Waals surface area (Å²) in [6.07, 6.45) is -4.62. The smallest absolute Gasteiger partial charge is 0.444 e. The van der Waals surface area contributed by atoms with Crippen LogP contribution in [0.2, 0.25) is 0 Å². The molecule has 146 valence electrons. The van der Waals surface area contributed by atoms with Crippen LogP contribution in [-0.2, 0) is 10.3 Å². The lowest BCUT2D eigenvalue weighted by molar-refractivity contribution is -0.275. The van der Waals surface area contributed by atoms with E-state index in [9.17, 15) is 23.1 Å². The van der Waals surface area contributed by atoms with Gasteiger partial charge < -0.3 is 19.5 Å². The third kappa shape index (κ3) is 5.52. The second kappa shape index (κ2) is 7.34. The van der Waals surface area contributed by atoms with E-state index < -0.39 is 29.4 Å². The van der Waals surface area contributed by atoms with E-state index in [-0.39, 0.29) is 24.9 Å².